The second-order valence-electron chi connectivity index (χ2n) is 18.6. The zero-order valence-electron chi connectivity index (χ0n) is 42.7. The molecule has 0 aliphatic carbocycles. The first-order valence-corrected chi connectivity index (χ1v) is 25.3. The van der Waals surface area contributed by atoms with Crippen LogP contribution < -0.4 is 48.9 Å². The summed E-state index contributed by atoms with van der Waals surface area (Å²) in [5.74, 6) is -5.16. The Hall–Kier alpha value is -6.51. The monoisotopic (exact) mass is 1050 g/mol. The molecule has 0 amide bonds. The molecule has 0 bridgehead atoms. The van der Waals surface area contributed by atoms with E-state index in [1.165, 1.54) is 11.1 Å². The fourth-order valence-electron chi connectivity index (χ4n) is 7.63. The number of hydrogen-bond acceptors (Lipinski definition) is 14. The molecule has 0 aliphatic rings. The number of unbranched alkanes of at least 4 members (excludes halogenated alkanes) is 5. The Kier molecular flexibility index (Phi) is 29.9. The molecule has 0 aromatic carbocycles. The van der Waals surface area contributed by atoms with Gasteiger partial charge in [0.15, 0.2) is 0 Å². The number of hydrogen-bond donors (Lipinski definition) is 14. The number of aryl methyl sites for hydroxylation is 6. The van der Waals surface area contributed by atoms with E-state index in [0.717, 1.165) is 101 Å². The fourth-order valence-corrected chi connectivity index (χ4v) is 7.63. The Labute approximate surface area is 431 Å². The van der Waals surface area contributed by atoms with E-state index in [1.54, 1.807) is 0 Å². The van der Waals surface area contributed by atoms with Crippen LogP contribution in [0, 0.1) is 6.92 Å². The van der Waals surface area contributed by atoms with Gasteiger partial charge < -0.3 is 74.9 Å². The van der Waals surface area contributed by atoms with Crippen molar-refractivity contribution in [3.8, 4) is 0 Å². The maximum atomic E-state index is 10.7. The van der Waals surface area contributed by atoms with E-state index in [1.807, 2.05) is 41.6 Å². The molecule has 25 heteroatoms. The summed E-state index contributed by atoms with van der Waals surface area (Å²) in [6.45, 7) is 5.83. The largest absolute Gasteiger partial charge is 0.480 e. The molecular weight excluding hydrogens is 963 g/mol. The van der Waals surface area contributed by atoms with Gasteiger partial charge in [-0.2, -0.15) is 0 Å². The van der Waals surface area contributed by atoms with Crippen LogP contribution in [0.1, 0.15) is 120 Å². The fraction of sp³-hybridized carbons (Fsp3) is 0.612. The summed E-state index contributed by atoms with van der Waals surface area (Å²) < 4.78 is 8.23. The van der Waals surface area contributed by atoms with Gasteiger partial charge in [0.25, 0.3) is 0 Å². The van der Waals surface area contributed by atoms with Crippen molar-refractivity contribution >= 4 is 52.9 Å². The van der Waals surface area contributed by atoms with Crippen LogP contribution in [0.5, 0.6) is 0 Å². The highest BCUT2D eigenvalue weighted by Crippen LogP contribution is 2.16. The van der Waals surface area contributed by atoms with Gasteiger partial charge in [0.2, 0.25) is 6.33 Å². The number of nitrogens with zero attached hydrogens (tertiary/aromatic N) is 5. The number of carboxylic acid groups (broad SMARTS) is 6. The standard InChI is InChI=1S/C17H26N6O4.C17H29N3O4.C15H26N4O4/c18-11(15(24)25)5-1-2-9-23-10-4-7-13-14(23)22-17(21-13)20-8-3-6-12(19)16(26)27;1-12-10-20(9-5-4-8-15(19)17(23)24)11-13(12)6-2-3-7-14(18)16(21)22;16-12(14(20)21)5-1-3-7-18-9-10-19(11-18)8-4-2-6-13(17)15(22)23/h4,7,10-12H,1-3,5-6,8-9,18-19H2,(H3,20,21,24,25,26,27);10-11,14-15H,2-9,18-19H2,1H3,(H,21,22)(H,23,24);9-13H,1-8,16-17H2,(H-,20,21,22,23)/p+2. The summed E-state index contributed by atoms with van der Waals surface area (Å²) >= 11 is 0. The van der Waals surface area contributed by atoms with E-state index in [-0.39, 0.29) is 0 Å². The Morgan fingerprint density at radius 1 is 0.581 bits per heavy atom. The van der Waals surface area contributed by atoms with Crippen LogP contribution in [0.3, 0.4) is 0 Å². The van der Waals surface area contributed by atoms with Crippen molar-refractivity contribution in [2.45, 2.75) is 185 Å². The maximum absolute atomic E-state index is 10.7. The number of aromatic amines is 1. The van der Waals surface area contributed by atoms with Gasteiger partial charge in [-0.1, -0.05) is 6.42 Å². The Morgan fingerprint density at radius 2 is 1.03 bits per heavy atom. The van der Waals surface area contributed by atoms with E-state index >= 15 is 0 Å². The molecule has 4 rings (SSSR count). The highest BCUT2D eigenvalue weighted by Gasteiger charge is 2.18. The molecule has 0 saturated heterocycles. The molecule has 25 nitrogen and oxygen atoms in total. The molecule has 4 heterocycles. The number of carboxylic acids is 6. The number of fused-ring (bicyclic) bond motifs is 1. The maximum Gasteiger partial charge on any atom is 0.351 e. The Balaban J connectivity index is 0.000000382. The second kappa shape index (κ2) is 34.8. The number of nitrogens with one attached hydrogen (secondary N) is 2. The number of pyridine rings is 1. The van der Waals surface area contributed by atoms with Crippen molar-refractivity contribution < 1.29 is 68.5 Å². The first-order valence-electron chi connectivity index (χ1n) is 25.3. The first kappa shape index (κ1) is 63.6. The summed E-state index contributed by atoms with van der Waals surface area (Å²) in [7, 11) is 0. The van der Waals surface area contributed by atoms with Gasteiger partial charge in [-0.15, -0.1) is 0 Å². The van der Waals surface area contributed by atoms with Crippen LogP contribution in [0.4, 0.5) is 5.95 Å². The molecule has 414 valence electrons. The molecule has 20 N–H and O–H groups in total. The SMILES string of the molecule is Cc1cn(CCCCC(N)C(=O)O)cc1CCCCC(N)C(=O)O.NC(CCCC[n+]1cccc2[nH]c(NCCCC(N)C(=O)O)nc21)C(=O)O.NC(CCCCn1cc[n+](CCCCC(N)C(=O)O)c1)C(=O)O. The minimum absolute atomic E-state index is 0.390. The quantitative estimate of drug-likeness (QED) is 0.0227. The molecule has 0 saturated carbocycles. The molecule has 6 atom stereocenters. The molecule has 0 aliphatic heterocycles. The number of anilines is 1. The van der Waals surface area contributed by atoms with Crippen molar-refractivity contribution in [3.05, 3.63) is 60.6 Å². The lowest BCUT2D eigenvalue weighted by Gasteiger charge is -2.06. The lowest BCUT2D eigenvalue weighted by molar-refractivity contribution is -0.696. The second-order valence-corrected chi connectivity index (χ2v) is 18.6. The smallest absolute Gasteiger partial charge is 0.351 e. The van der Waals surface area contributed by atoms with Gasteiger partial charge in [0.05, 0.1) is 25.8 Å². The number of aliphatic carboxylic acids is 6. The number of imidazole rings is 2. The van der Waals surface area contributed by atoms with Crippen molar-refractivity contribution in [3.63, 3.8) is 0 Å². The Bertz CT molecular complexity index is 2280. The van der Waals surface area contributed by atoms with Crippen LogP contribution in [0.25, 0.3) is 11.2 Å². The van der Waals surface area contributed by atoms with E-state index in [4.69, 9.17) is 65.0 Å². The molecule has 4 aromatic heterocycles. The van der Waals surface area contributed by atoms with E-state index in [2.05, 4.69) is 48.3 Å². The zero-order chi connectivity index (χ0) is 55.2. The normalized spacial score (nSPS) is 13.6. The number of carbonyl (C=O) groups is 6. The molecule has 0 radical (unpaired) electrons. The predicted octanol–water partition coefficient (Wildman–Crippen LogP) is 1.48. The lowest BCUT2D eigenvalue weighted by Crippen LogP contribution is -2.35. The van der Waals surface area contributed by atoms with Crippen LogP contribution in [0.2, 0.25) is 0 Å². The third-order valence-corrected chi connectivity index (χ3v) is 12.3. The number of rotatable bonds is 36. The van der Waals surface area contributed by atoms with Crippen molar-refractivity contribution in [1.82, 2.24) is 19.1 Å². The number of aromatic nitrogens is 6. The van der Waals surface area contributed by atoms with Crippen LogP contribution in [0.15, 0.2) is 49.4 Å². The van der Waals surface area contributed by atoms with Gasteiger partial charge >= 0.3 is 47.4 Å². The summed E-state index contributed by atoms with van der Waals surface area (Å²) in [5, 5.41) is 55.6. The van der Waals surface area contributed by atoms with Crippen LogP contribution in [-0.4, -0.2) is 128 Å². The average Bonchev–Trinajstić information content (AvgIpc) is 4.09. The van der Waals surface area contributed by atoms with Crippen LogP contribution in [-0.2, 0) is 61.4 Å². The summed E-state index contributed by atoms with van der Waals surface area (Å²) in [6.07, 6.45) is 24.6. The summed E-state index contributed by atoms with van der Waals surface area (Å²) in [4.78, 5) is 71.6. The van der Waals surface area contributed by atoms with E-state index in [0.29, 0.717) is 64.0 Å². The number of nitrogens with two attached hydrogens (primary N) is 6. The minimum Gasteiger partial charge on any atom is -0.480 e. The van der Waals surface area contributed by atoms with Crippen molar-refractivity contribution in [2.75, 3.05) is 11.9 Å². The highest BCUT2D eigenvalue weighted by atomic mass is 16.4. The van der Waals surface area contributed by atoms with Gasteiger partial charge in [-0.05, 0) is 144 Å². The molecule has 0 fully saturated rings. The van der Waals surface area contributed by atoms with Crippen LogP contribution >= 0.6 is 0 Å². The first-order chi connectivity index (χ1) is 35.1. The highest BCUT2D eigenvalue weighted by molar-refractivity contribution is 5.75. The van der Waals surface area contributed by atoms with Crippen molar-refractivity contribution in [2.24, 2.45) is 34.4 Å². The molecule has 0 spiro atoms. The molecule has 4 aromatic rings. The summed E-state index contributed by atoms with van der Waals surface area (Å²) in [6, 6.07) is -0.926. The van der Waals surface area contributed by atoms with Gasteiger partial charge in [-0.3, -0.25) is 33.8 Å². The molecule has 6 unspecified atom stereocenters. The van der Waals surface area contributed by atoms with E-state index < -0.39 is 72.1 Å². The lowest BCUT2D eigenvalue weighted by atomic mass is 10.0. The third-order valence-electron chi connectivity index (χ3n) is 12.3. The third kappa shape index (κ3) is 25.9. The van der Waals surface area contributed by atoms with Crippen molar-refractivity contribution in [1.29, 1.82) is 0 Å². The minimum atomic E-state index is -0.996. The number of H-pyrrole nitrogens is 1. The molecule has 74 heavy (non-hydrogen) atoms. The summed E-state index contributed by atoms with van der Waals surface area (Å²) in [5.41, 5.74) is 37.0. The van der Waals surface area contributed by atoms with Gasteiger partial charge in [-0.25, -0.2) is 13.7 Å². The molecular formula is C49H83N13O12+2. The Morgan fingerprint density at radius 3 is 1.53 bits per heavy atom. The van der Waals surface area contributed by atoms with Gasteiger partial charge in [0.1, 0.15) is 54.2 Å². The van der Waals surface area contributed by atoms with Gasteiger partial charge in [0, 0.05) is 25.5 Å². The topological polar surface area (TPSA) is 438 Å². The van der Waals surface area contributed by atoms with E-state index in [9.17, 15) is 28.8 Å². The zero-order valence-corrected chi connectivity index (χ0v) is 42.7. The predicted molar refractivity (Wildman–Crippen MR) is 274 cm³/mol. The average molecular weight is 1050 g/mol.